The minimum absolute atomic E-state index is 0.0200. The fourth-order valence-electron chi connectivity index (χ4n) is 2.24. The lowest BCUT2D eigenvalue weighted by Crippen LogP contribution is -2.29. The van der Waals surface area contributed by atoms with E-state index in [9.17, 15) is 0 Å². The van der Waals surface area contributed by atoms with Crippen LogP contribution in [0.3, 0.4) is 0 Å². The van der Waals surface area contributed by atoms with Crippen molar-refractivity contribution in [2.24, 2.45) is 0 Å². The molecule has 0 aliphatic rings. The monoisotopic (exact) mass is 276 g/mol. The number of aliphatic hydroxyl groups excluding tert-OH is 2. The van der Waals surface area contributed by atoms with Crippen LogP contribution in [-0.2, 0) is 0 Å². The van der Waals surface area contributed by atoms with E-state index in [-0.39, 0.29) is 13.2 Å². The number of hydrogen-bond acceptors (Lipinski definition) is 5. The van der Waals surface area contributed by atoms with Crippen molar-refractivity contribution in [2.45, 2.75) is 6.92 Å². The third-order valence-corrected chi connectivity index (χ3v) is 3.25. The molecule has 0 saturated carbocycles. The smallest absolute Gasteiger partial charge is 0.206 e. The van der Waals surface area contributed by atoms with E-state index in [0.29, 0.717) is 24.9 Å². The van der Waals surface area contributed by atoms with Crippen molar-refractivity contribution in [3.63, 3.8) is 0 Å². The van der Waals surface area contributed by atoms with Crippen LogP contribution in [0.1, 0.15) is 5.56 Å². The van der Waals surface area contributed by atoms with Gasteiger partial charge in [-0.25, -0.2) is 0 Å². The summed E-state index contributed by atoms with van der Waals surface area (Å²) in [7, 11) is 0. The number of aliphatic hydroxyl groups is 2. The molecule has 0 radical (unpaired) electrons. The van der Waals surface area contributed by atoms with Gasteiger partial charge >= 0.3 is 0 Å². The van der Waals surface area contributed by atoms with Crippen LogP contribution in [0.5, 0.6) is 0 Å². The first-order valence-corrected chi connectivity index (χ1v) is 6.60. The molecule has 0 unspecified atom stereocenters. The van der Waals surface area contributed by atoms with Gasteiger partial charge in [-0.3, -0.25) is 0 Å². The average molecular weight is 276 g/mol. The largest absolute Gasteiger partial charge is 0.424 e. The second kappa shape index (κ2) is 6.45. The molecule has 0 aliphatic carbocycles. The lowest BCUT2D eigenvalue weighted by molar-refractivity contribution is 0.277. The molecule has 1 heterocycles. The van der Waals surface area contributed by atoms with Crippen LogP contribution in [-0.4, -0.2) is 36.5 Å². The van der Waals surface area contributed by atoms with Gasteiger partial charge in [-0.15, -0.1) is 0 Å². The van der Waals surface area contributed by atoms with E-state index in [2.05, 4.69) is 0 Å². The maximum atomic E-state index is 9.17. The zero-order valence-electron chi connectivity index (χ0n) is 11.5. The van der Waals surface area contributed by atoms with Crippen molar-refractivity contribution in [1.82, 2.24) is 0 Å². The molecule has 5 nitrogen and oxygen atoms in total. The first-order valence-electron chi connectivity index (χ1n) is 6.60. The summed E-state index contributed by atoms with van der Waals surface area (Å²) in [4.78, 5) is 1.80. The van der Waals surface area contributed by atoms with Gasteiger partial charge in [-0.2, -0.15) is 0 Å². The van der Waals surface area contributed by atoms with Gasteiger partial charge in [0, 0.05) is 18.7 Å². The topological polar surface area (TPSA) is 82.9 Å². The molecule has 1 aromatic carbocycles. The molecule has 2 aromatic rings. The highest BCUT2D eigenvalue weighted by Gasteiger charge is 2.21. The molecular formula is C15H20N2O3. The maximum absolute atomic E-state index is 9.17. The number of anilines is 2. The third kappa shape index (κ3) is 2.79. The van der Waals surface area contributed by atoms with E-state index < -0.39 is 0 Å². The molecule has 4 N–H and O–H groups in total. The van der Waals surface area contributed by atoms with Crippen LogP contribution in [0.4, 0.5) is 11.8 Å². The lowest BCUT2D eigenvalue weighted by Gasteiger charge is -2.21. The van der Waals surface area contributed by atoms with E-state index in [1.807, 2.05) is 37.3 Å². The Balaban J connectivity index is 2.50. The van der Waals surface area contributed by atoms with Crippen molar-refractivity contribution in [1.29, 1.82) is 0 Å². The molecule has 0 spiro atoms. The third-order valence-electron chi connectivity index (χ3n) is 3.25. The number of hydrogen-bond donors (Lipinski definition) is 3. The molecule has 0 amide bonds. The summed E-state index contributed by atoms with van der Waals surface area (Å²) < 4.78 is 5.65. The van der Waals surface area contributed by atoms with E-state index >= 15 is 0 Å². The first-order chi connectivity index (χ1) is 9.69. The van der Waals surface area contributed by atoms with E-state index in [1.54, 1.807) is 4.90 Å². The van der Waals surface area contributed by atoms with Gasteiger partial charge in [-0.05, 0) is 12.5 Å². The minimum Gasteiger partial charge on any atom is -0.424 e. The minimum atomic E-state index is -0.0200. The average Bonchev–Trinajstić information content (AvgIpc) is 2.75. The van der Waals surface area contributed by atoms with E-state index in [4.69, 9.17) is 20.4 Å². The Morgan fingerprint density at radius 3 is 2.25 bits per heavy atom. The first kappa shape index (κ1) is 14.4. The molecule has 20 heavy (non-hydrogen) atoms. The van der Waals surface area contributed by atoms with Crippen LogP contribution < -0.4 is 10.6 Å². The molecule has 0 aliphatic heterocycles. The van der Waals surface area contributed by atoms with Gasteiger partial charge in [0.05, 0.1) is 18.8 Å². The standard InChI is InChI=1S/C15H20N2O3/c1-11-13(12-5-3-2-4-6-12)15(20-14(11)16)17(7-9-18)8-10-19/h2-6,18-19H,7-10,16H2,1H3. The zero-order valence-corrected chi connectivity index (χ0v) is 11.5. The highest BCUT2D eigenvalue weighted by molar-refractivity contribution is 5.81. The number of nitrogens with zero attached hydrogens (tertiary/aromatic N) is 1. The van der Waals surface area contributed by atoms with Crippen LogP contribution in [0.25, 0.3) is 11.1 Å². The van der Waals surface area contributed by atoms with Crippen LogP contribution in [0.15, 0.2) is 34.7 Å². The number of benzene rings is 1. The molecular weight excluding hydrogens is 256 g/mol. The number of nitrogen functional groups attached to an aromatic ring is 1. The van der Waals surface area contributed by atoms with Gasteiger partial charge in [0.2, 0.25) is 5.88 Å². The number of rotatable bonds is 6. The Morgan fingerprint density at radius 1 is 1.10 bits per heavy atom. The van der Waals surface area contributed by atoms with Crippen LogP contribution >= 0.6 is 0 Å². The Kier molecular flexibility index (Phi) is 4.65. The number of nitrogens with two attached hydrogens (primary N) is 1. The van der Waals surface area contributed by atoms with Gasteiger partial charge < -0.3 is 25.3 Å². The summed E-state index contributed by atoms with van der Waals surface area (Å²) in [6, 6.07) is 9.81. The predicted octanol–water partition coefficient (Wildman–Crippen LogP) is 1.63. The molecule has 0 saturated heterocycles. The predicted molar refractivity (Wildman–Crippen MR) is 79.7 cm³/mol. The maximum Gasteiger partial charge on any atom is 0.206 e. The Morgan fingerprint density at radius 2 is 1.70 bits per heavy atom. The summed E-state index contributed by atoms with van der Waals surface area (Å²) in [6.45, 7) is 2.63. The molecule has 0 bridgehead atoms. The number of furan rings is 1. The van der Waals surface area contributed by atoms with E-state index in [1.165, 1.54) is 0 Å². The SMILES string of the molecule is Cc1c(N)oc(N(CCO)CCO)c1-c1ccccc1. The van der Waals surface area contributed by atoms with Crippen molar-refractivity contribution in [3.05, 3.63) is 35.9 Å². The van der Waals surface area contributed by atoms with E-state index in [0.717, 1.165) is 16.7 Å². The van der Waals surface area contributed by atoms with Crippen molar-refractivity contribution < 1.29 is 14.6 Å². The van der Waals surface area contributed by atoms with Crippen LogP contribution in [0, 0.1) is 6.92 Å². The normalized spacial score (nSPS) is 10.8. The Hall–Kier alpha value is -1.98. The second-order valence-corrected chi connectivity index (χ2v) is 4.57. The summed E-state index contributed by atoms with van der Waals surface area (Å²) in [5.74, 6) is 0.953. The molecule has 108 valence electrons. The second-order valence-electron chi connectivity index (χ2n) is 4.57. The van der Waals surface area contributed by atoms with Gasteiger partial charge in [0.25, 0.3) is 0 Å². The van der Waals surface area contributed by atoms with Gasteiger partial charge in [0.15, 0.2) is 5.88 Å². The molecule has 2 rings (SSSR count). The lowest BCUT2D eigenvalue weighted by atomic mass is 10.0. The summed E-state index contributed by atoms with van der Waals surface area (Å²) in [5.41, 5.74) is 8.67. The van der Waals surface area contributed by atoms with Crippen molar-refractivity contribution in [3.8, 4) is 11.1 Å². The van der Waals surface area contributed by atoms with Gasteiger partial charge in [0.1, 0.15) is 0 Å². The van der Waals surface area contributed by atoms with Crippen molar-refractivity contribution >= 4 is 11.8 Å². The molecule has 1 aromatic heterocycles. The summed E-state index contributed by atoms with van der Waals surface area (Å²) >= 11 is 0. The van der Waals surface area contributed by atoms with Crippen molar-refractivity contribution in [2.75, 3.05) is 36.9 Å². The highest BCUT2D eigenvalue weighted by Crippen LogP contribution is 2.39. The molecule has 0 fully saturated rings. The zero-order chi connectivity index (χ0) is 14.5. The Labute approximate surface area is 118 Å². The van der Waals surface area contributed by atoms with Crippen LogP contribution in [0.2, 0.25) is 0 Å². The fourth-order valence-corrected chi connectivity index (χ4v) is 2.24. The molecule has 0 atom stereocenters. The summed E-state index contributed by atoms with van der Waals surface area (Å²) in [6.07, 6.45) is 0. The quantitative estimate of drug-likeness (QED) is 0.747. The summed E-state index contributed by atoms with van der Waals surface area (Å²) in [5, 5.41) is 18.3. The van der Waals surface area contributed by atoms with Gasteiger partial charge in [-0.1, -0.05) is 30.3 Å². The highest BCUT2D eigenvalue weighted by atomic mass is 16.4. The fraction of sp³-hybridized carbons (Fsp3) is 0.333. The Bertz CT molecular complexity index is 546. The molecule has 5 heteroatoms.